The van der Waals surface area contributed by atoms with E-state index in [-0.39, 0.29) is 29.8 Å². The second-order valence-corrected chi connectivity index (χ2v) is 8.41. The summed E-state index contributed by atoms with van der Waals surface area (Å²) in [4.78, 5) is 14.2. The van der Waals surface area contributed by atoms with Gasteiger partial charge in [0.15, 0.2) is 0 Å². The zero-order valence-electron chi connectivity index (χ0n) is 13.7. The second-order valence-electron chi connectivity index (χ2n) is 6.21. The fourth-order valence-electron chi connectivity index (χ4n) is 2.96. The summed E-state index contributed by atoms with van der Waals surface area (Å²) in [6.07, 6.45) is 1.97. The van der Waals surface area contributed by atoms with Gasteiger partial charge in [0.25, 0.3) is 0 Å². The number of hydrogen-bond acceptors (Lipinski definition) is 4. The van der Waals surface area contributed by atoms with Gasteiger partial charge in [-0.1, -0.05) is 24.6 Å². The van der Waals surface area contributed by atoms with Crippen molar-refractivity contribution in [3.05, 3.63) is 29.3 Å². The molecule has 3 N–H and O–H groups in total. The predicted octanol–water partition coefficient (Wildman–Crippen LogP) is 1.59. The van der Waals surface area contributed by atoms with Gasteiger partial charge in [-0.2, -0.15) is 0 Å². The van der Waals surface area contributed by atoms with Crippen molar-refractivity contribution in [3.8, 4) is 0 Å². The maximum absolute atomic E-state index is 12.4. The molecule has 134 valence electrons. The van der Waals surface area contributed by atoms with Crippen LogP contribution in [0, 0.1) is 5.92 Å². The first-order valence-corrected chi connectivity index (χ1v) is 9.94. The first-order chi connectivity index (χ1) is 11.3. The molecule has 2 rings (SSSR count). The number of sulfonamides is 1. The SMILES string of the molecule is CC1CCN(C(=O)CCNS(=O)(=O)c2cccc(Cl)c2)C(CN)C1. The fourth-order valence-corrected chi connectivity index (χ4v) is 4.29. The Morgan fingerprint density at radius 1 is 1.46 bits per heavy atom. The van der Waals surface area contributed by atoms with Crippen LogP contribution >= 0.6 is 11.6 Å². The topological polar surface area (TPSA) is 92.5 Å². The number of likely N-dealkylation sites (tertiary alicyclic amines) is 1. The molecular formula is C16H24ClN3O3S. The van der Waals surface area contributed by atoms with E-state index in [1.807, 2.05) is 0 Å². The van der Waals surface area contributed by atoms with Gasteiger partial charge in [-0.05, 0) is 37.0 Å². The highest BCUT2D eigenvalue weighted by Crippen LogP contribution is 2.22. The number of hydrogen-bond donors (Lipinski definition) is 2. The van der Waals surface area contributed by atoms with Gasteiger partial charge in [-0.3, -0.25) is 4.79 Å². The average molecular weight is 374 g/mol. The highest BCUT2D eigenvalue weighted by atomic mass is 35.5. The van der Waals surface area contributed by atoms with Crippen LogP contribution in [0.3, 0.4) is 0 Å². The number of carbonyl (C=O) groups is 1. The van der Waals surface area contributed by atoms with Gasteiger partial charge in [-0.25, -0.2) is 13.1 Å². The van der Waals surface area contributed by atoms with E-state index < -0.39 is 10.0 Å². The Hall–Kier alpha value is -1.15. The molecule has 1 aromatic carbocycles. The number of nitrogens with one attached hydrogen (secondary N) is 1. The third-order valence-corrected chi connectivity index (χ3v) is 6.00. The van der Waals surface area contributed by atoms with Crippen LogP contribution < -0.4 is 10.5 Å². The number of amides is 1. The number of carbonyl (C=O) groups excluding carboxylic acids is 1. The molecule has 1 aromatic rings. The lowest BCUT2D eigenvalue weighted by molar-refractivity contribution is -0.135. The molecule has 1 aliphatic heterocycles. The van der Waals surface area contributed by atoms with E-state index in [1.165, 1.54) is 12.1 Å². The Balaban J connectivity index is 1.90. The summed E-state index contributed by atoms with van der Waals surface area (Å²) < 4.78 is 26.8. The van der Waals surface area contributed by atoms with E-state index in [9.17, 15) is 13.2 Å². The minimum Gasteiger partial charge on any atom is -0.338 e. The molecule has 0 radical (unpaired) electrons. The van der Waals surface area contributed by atoms with Crippen molar-refractivity contribution in [2.45, 2.75) is 37.1 Å². The van der Waals surface area contributed by atoms with Crippen LogP contribution in [0.1, 0.15) is 26.2 Å². The maximum atomic E-state index is 12.4. The minimum atomic E-state index is -3.67. The molecule has 1 heterocycles. The van der Waals surface area contributed by atoms with E-state index >= 15 is 0 Å². The lowest BCUT2D eigenvalue weighted by Crippen LogP contribution is -2.49. The number of nitrogens with zero attached hydrogens (tertiary/aromatic N) is 1. The van der Waals surface area contributed by atoms with Crippen LogP contribution in [0.2, 0.25) is 5.02 Å². The van der Waals surface area contributed by atoms with Crippen LogP contribution in [0.15, 0.2) is 29.2 Å². The standard InChI is InChI=1S/C16H24ClN3O3S/c1-12-6-8-20(14(9-12)11-18)16(21)5-7-19-24(22,23)15-4-2-3-13(17)10-15/h2-4,10,12,14,19H,5-9,11,18H2,1H3. The summed E-state index contributed by atoms with van der Waals surface area (Å²) in [5.41, 5.74) is 5.76. The number of rotatable bonds is 6. The van der Waals surface area contributed by atoms with Crippen molar-refractivity contribution in [2.24, 2.45) is 11.7 Å². The Bertz CT molecular complexity index is 681. The molecule has 0 aliphatic carbocycles. The highest BCUT2D eigenvalue weighted by Gasteiger charge is 2.28. The third kappa shape index (κ3) is 4.92. The normalized spacial score (nSPS) is 21.7. The molecule has 8 heteroatoms. The number of nitrogens with two attached hydrogens (primary N) is 1. The molecule has 1 aliphatic rings. The highest BCUT2D eigenvalue weighted by molar-refractivity contribution is 7.89. The Kier molecular flexibility index (Phi) is 6.62. The zero-order valence-corrected chi connectivity index (χ0v) is 15.3. The summed E-state index contributed by atoms with van der Waals surface area (Å²) in [6, 6.07) is 6.07. The van der Waals surface area contributed by atoms with Crippen LogP contribution in [0.5, 0.6) is 0 Å². The summed E-state index contributed by atoms with van der Waals surface area (Å²) in [5, 5.41) is 0.349. The molecule has 0 spiro atoms. The number of benzene rings is 1. The predicted molar refractivity (Wildman–Crippen MR) is 94.2 cm³/mol. The Morgan fingerprint density at radius 2 is 2.21 bits per heavy atom. The minimum absolute atomic E-state index is 0.0470. The van der Waals surface area contributed by atoms with Crippen molar-refractivity contribution < 1.29 is 13.2 Å². The monoisotopic (exact) mass is 373 g/mol. The molecule has 1 amide bonds. The number of piperidine rings is 1. The molecule has 0 bridgehead atoms. The molecule has 2 unspecified atom stereocenters. The van der Waals surface area contributed by atoms with Crippen molar-refractivity contribution in [2.75, 3.05) is 19.6 Å². The van der Waals surface area contributed by atoms with Gasteiger partial charge in [0.2, 0.25) is 15.9 Å². The van der Waals surface area contributed by atoms with Gasteiger partial charge in [-0.15, -0.1) is 0 Å². The summed E-state index contributed by atoms with van der Waals surface area (Å²) >= 11 is 5.82. The summed E-state index contributed by atoms with van der Waals surface area (Å²) in [6.45, 7) is 3.33. The Morgan fingerprint density at radius 3 is 2.88 bits per heavy atom. The van der Waals surface area contributed by atoms with Crippen LogP contribution in [0.4, 0.5) is 0 Å². The smallest absolute Gasteiger partial charge is 0.240 e. The van der Waals surface area contributed by atoms with Crippen LogP contribution in [-0.4, -0.2) is 44.9 Å². The van der Waals surface area contributed by atoms with E-state index in [4.69, 9.17) is 17.3 Å². The first kappa shape index (κ1) is 19.2. The fraction of sp³-hybridized carbons (Fsp3) is 0.562. The molecule has 0 aromatic heterocycles. The first-order valence-electron chi connectivity index (χ1n) is 8.08. The van der Waals surface area contributed by atoms with Crippen molar-refractivity contribution >= 4 is 27.5 Å². The molecule has 24 heavy (non-hydrogen) atoms. The average Bonchev–Trinajstić information content (AvgIpc) is 2.54. The van der Waals surface area contributed by atoms with E-state index in [0.717, 1.165) is 12.8 Å². The van der Waals surface area contributed by atoms with Gasteiger partial charge in [0.1, 0.15) is 0 Å². The van der Waals surface area contributed by atoms with Gasteiger partial charge >= 0.3 is 0 Å². The van der Waals surface area contributed by atoms with E-state index in [2.05, 4.69) is 11.6 Å². The molecular weight excluding hydrogens is 350 g/mol. The zero-order chi connectivity index (χ0) is 17.7. The van der Waals surface area contributed by atoms with Crippen molar-refractivity contribution in [3.63, 3.8) is 0 Å². The summed E-state index contributed by atoms with van der Waals surface area (Å²) in [5.74, 6) is 0.495. The summed E-state index contributed by atoms with van der Waals surface area (Å²) in [7, 11) is -3.67. The molecule has 2 atom stereocenters. The third-order valence-electron chi connectivity index (χ3n) is 4.31. The van der Waals surface area contributed by atoms with Crippen molar-refractivity contribution in [1.82, 2.24) is 9.62 Å². The van der Waals surface area contributed by atoms with Crippen LogP contribution in [-0.2, 0) is 14.8 Å². The number of halogens is 1. The molecule has 6 nitrogen and oxygen atoms in total. The largest absolute Gasteiger partial charge is 0.338 e. The maximum Gasteiger partial charge on any atom is 0.240 e. The van der Waals surface area contributed by atoms with E-state index in [1.54, 1.807) is 17.0 Å². The van der Waals surface area contributed by atoms with E-state index in [0.29, 0.717) is 24.0 Å². The lowest BCUT2D eigenvalue weighted by Gasteiger charge is -2.38. The molecule has 0 saturated carbocycles. The second kappa shape index (κ2) is 8.29. The molecule has 1 saturated heterocycles. The van der Waals surface area contributed by atoms with Gasteiger partial charge in [0, 0.05) is 37.1 Å². The lowest BCUT2D eigenvalue weighted by atomic mass is 9.92. The van der Waals surface area contributed by atoms with Crippen LogP contribution in [0.25, 0.3) is 0 Å². The quantitative estimate of drug-likeness (QED) is 0.792. The van der Waals surface area contributed by atoms with Gasteiger partial charge in [0.05, 0.1) is 4.90 Å². The molecule has 1 fully saturated rings. The van der Waals surface area contributed by atoms with Crippen molar-refractivity contribution in [1.29, 1.82) is 0 Å². The van der Waals surface area contributed by atoms with Gasteiger partial charge < -0.3 is 10.6 Å². The Labute approximate surface area is 148 Å².